The monoisotopic (exact) mass is 272 g/mol. The van der Waals surface area contributed by atoms with Gasteiger partial charge in [-0.1, -0.05) is 6.07 Å². The maximum absolute atomic E-state index is 11.8. The minimum Gasteiger partial charge on any atom is -0.348 e. The number of H-pyrrole nitrogens is 1. The molecule has 20 heavy (non-hydrogen) atoms. The number of aryl methyl sites for hydroxylation is 1. The van der Waals surface area contributed by atoms with Gasteiger partial charge in [-0.2, -0.15) is 0 Å². The molecular formula is C14H16N4O2. The van der Waals surface area contributed by atoms with Gasteiger partial charge < -0.3 is 15.6 Å². The van der Waals surface area contributed by atoms with Gasteiger partial charge in [-0.05, 0) is 24.6 Å². The van der Waals surface area contributed by atoms with E-state index in [9.17, 15) is 9.59 Å². The average Bonchev–Trinajstić information content (AvgIpc) is 2.89. The van der Waals surface area contributed by atoms with Gasteiger partial charge in [-0.15, -0.1) is 0 Å². The Balaban J connectivity index is 1.88. The second-order valence-corrected chi connectivity index (χ2v) is 4.39. The molecule has 0 unspecified atom stereocenters. The predicted octanol–water partition coefficient (Wildman–Crippen LogP) is 1.94. The Morgan fingerprint density at radius 1 is 1.25 bits per heavy atom. The van der Waals surface area contributed by atoms with Gasteiger partial charge in [0, 0.05) is 36.6 Å². The van der Waals surface area contributed by atoms with Crippen molar-refractivity contribution in [3.8, 4) is 0 Å². The molecule has 0 radical (unpaired) electrons. The zero-order valence-electron chi connectivity index (χ0n) is 11.1. The van der Waals surface area contributed by atoms with Crippen LogP contribution in [0.3, 0.4) is 0 Å². The Morgan fingerprint density at radius 2 is 2.00 bits per heavy atom. The molecule has 3 N–H and O–H groups in total. The standard InChI is InChI=1S/C14H16N4O2/c1-10(19)17-11-3-2-4-12(7-11)18-14(20)6-5-13-8-15-9-16-13/h2-4,7-9H,5-6H2,1H3,(H,15,16)(H,17,19)(H,18,20). The van der Waals surface area contributed by atoms with Crippen molar-refractivity contribution < 1.29 is 9.59 Å². The van der Waals surface area contributed by atoms with Gasteiger partial charge in [0.1, 0.15) is 0 Å². The quantitative estimate of drug-likeness (QED) is 0.777. The van der Waals surface area contributed by atoms with E-state index in [2.05, 4.69) is 20.6 Å². The summed E-state index contributed by atoms with van der Waals surface area (Å²) < 4.78 is 0. The number of aromatic nitrogens is 2. The van der Waals surface area contributed by atoms with Crippen LogP contribution in [0.25, 0.3) is 0 Å². The normalized spacial score (nSPS) is 10.1. The highest BCUT2D eigenvalue weighted by Gasteiger charge is 2.05. The van der Waals surface area contributed by atoms with Crippen molar-refractivity contribution in [2.75, 3.05) is 10.6 Å². The minimum absolute atomic E-state index is 0.0837. The smallest absolute Gasteiger partial charge is 0.224 e. The Hall–Kier alpha value is -2.63. The number of benzene rings is 1. The SMILES string of the molecule is CC(=O)Nc1cccc(NC(=O)CCc2cnc[nH]2)c1. The summed E-state index contributed by atoms with van der Waals surface area (Å²) in [6.45, 7) is 1.44. The Bertz CT molecular complexity index is 593. The molecule has 2 amide bonds. The highest BCUT2D eigenvalue weighted by Crippen LogP contribution is 2.15. The number of anilines is 2. The lowest BCUT2D eigenvalue weighted by Gasteiger charge is -2.07. The molecule has 0 atom stereocenters. The number of carbonyl (C=O) groups is 2. The first-order valence-corrected chi connectivity index (χ1v) is 6.28. The van der Waals surface area contributed by atoms with Crippen molar-refractivity contribution in [1.82, 2.24) is 9.97 Å². The third kappa shape index (κ3) is 4.24. The van der Waals surface area contributed by atoms with Crippen LogP contribution in [0.2, 0.25) is 0 Å². The van der Waals surface area contributed by atoms with Crippen LogP contribution in [0.4, 0.5) is 11.4 Å². The minimum atomic E-state index is -0.146. The van der Waals surface area contributed by atoms with Crippen LogP contribution in [0.1, 0.15) is 19.0 Å². The van der Waals surface area contributed by atoms with Crippen LogP contribution in [-0.2, 0) is 16.0 Å². The number of hydrogen-bond donors (Lipinski definition) is 3. The number of aromatic amines is 1. The molecule has 0 bridgehead atoms. The van der Waals surface area contributed by atoms with E-state index in [4.69, 9.17) is 0 Å². The zero-order valence-corrected chi connectivity index (χ0v) is 11.1. The lowest BCUT2D eigenvalue weighted by Crippen LogP contribution is -2.13. The van der Waals surface area contributed by atoms with Gasteiger partial charge in [0.05, 0.1) is 6.33 Å². The third-order valence-corrected chi connectivity index (χ3v) is 2.64. The Kier molecular flexibility index (Phi) is 4.49. The van der Waals surface area contributed by atoms with E-state index < -0.39 is 0 Å². The zero-order chi connectivity index (χ0) is 14.4. The molecule has 2 aromatic rings. The lowest BCUT2D eigenvalue weighted by molar-refractivity contribution is -0.116. The van der Waals surface area contributed by atoms with Crippen molar-refractivity contribution in [2.24, 2.45) is 0 Å². The van der Waals surface area contributed by atoms with E-state index in [1.54, 1.807) is 36.8 Å². The van der Waals surface area contributed by atoms with E-state index in [0.29, 0.717) is 24.2 Å². The molecule has 6 heteroatoms. The molecule has 0 aliphatic heterocycles. The maximum atomic E-state index is 11.8. The molecule has 1 aromatic heterocycles. The molecule has 0 saturated carbocycles. The van der Waals surface area contributed by atoms with Gasteiger partial charge in [0.15, 0.2) is 0 Å². The molecule has 2 rings (SSSR count). The second-order valence-electron chi connectivity index (χ2n) is 4.39. The molecule has 0 fully saturated rings. The van der Waals surface area contributed by atoms with E-state index in [1.807, 2.05) is 0 Å². The van der Waals surface area contributed by atoms with E-state index in [1.165, 1.54) is 6.92 Å². The molecule has 6 nitrogen and oxygen atoms in total. The molecule has 0 spiro atoms. The number of carbonyl (C=O) groups excluding carboxylic acids is 2. The lowest BCUT2D eigenvalue weighted by atomic mass is 10.2. The number of imidazole rings is 1. The Labute approximate surface area is 116 Å². The van der Waals surface area contributed by atoms with Gasteiger partial charge in [0.2, 0.25) is 11.8 Å². The molecule has 0 aliphatic rings. The van der Waals surface area contributed by atoms with Crippen molar-refractivity contribution >= 4 is 23.2 Å². The molecule has 1 heterocycles. The second kappa shape index (κ2) is 6.51. The van der Waals surface area contributed by atoms with Crippen molar-refractivity contribution in [1.29, 1.82) is 0 Å². The number of hydrogen-bond acceptors (Lipinski definition) is 3. The Morgan fingerprint density at radius 3 is 2.65 bits per heavy atom. The van der Waals surface area contributed by atoms with Crippen molar-refractivity contribution in [3.63, 3.8) is 0 Å². The molecule has 0 saturated heterocycles. The topological polar surface area (TPSA) is 86.9 Å². The van der Waals surface area contributed by atoms with Crippen LogP contribution < -0.4 is 10.6 Å². The molecular weight excluding hydrogens is 256 g/mol. The highest BCUT2D eigenvalue weighted by molar-refractivity contribution is 5.93. The van der Waals surface area contributed by atoms with Gasteiger partial charge in [-0.25, -0.2) is 4.98 Å². The molecule has 0 aliphatic carbocycles. The molecule has 104 valence electrons. The summed E-state index contributed by atoms with van der Waals surface area (Å²) in [4.78, 5) is 29.6. The summed E-state index contributed by atoms with van der Waals surface area (Å²) in [5.41, 5.74) is 2.24. The van der Waals surface area contributed by atoms with E-state index in [0.717, 1.165) is 5.69 Å². The summed E-state index contributed by atoms with van der Waals surface area (Å²) in [5.74, 6) is -0.229. The van der Waals surface area contributed by atoms with Crippen molar-refractivity contribution in [2.45, 2.75) is 19.8 Å². The largest absolute Gasteiger partial charge is 0.348 e. The van der Waals surface area contributed by atoms with Crippen LogP contribution in [0.5, 0.6) is 0 Å². The summed E-state index contributed by atoms with van der Waals surface area (Å²) in [5, 5.41) is 5.46. The van der Waals surface area contributed by atoms with Crippen LogP contribution in [0.15, 0.2) is 36.8 Å². The maximum Gasteiger partial charge on any atom is 0.224 e. The summed E-state index contributed by atoms with van der Waals surface area (Å²) in [7, 11) is 0. The van der Waals surface area contributed by atoms with Crippen LogP contribution in [-0.4, -0.2) is 21.8 Å². The summed E-state index contributed by atoms with van der Waals surface area (Å²) in [6, 6.07) is 7.03. The van der Waals surface area contributed by atoms with Crippen molar-refractivity contribution in [3.05, 3.63) is 42.5 Å². The fraction of sp³-hybridized carbons (Fsp3) is 0.214. The number of nitrogens with zero attached hydrogens (tertiary/aromatic N) is 1. The fourth-order valence-corrected chi connectivity index (χ4v) is 1.77. The average molecular weight is 272 g/mol. The fourth-order valence-electron chi connectivity index (χ4n) is 1.77. The third-order valence-electron chi connectivity index (χ3n) is 2.64. The van der Waals surface area contributed by atoms with Crippen LogP contribution >= 0.6 is 0 Å². The first kappa shape index (κ1) is 13.8. The summed E-state index contributed by atoms with van der Waals surface area (Å²) >= 11 is 0. The summed E-state index contributed by atoms with van der Waals surface area (Å²) in [6.07, 6.45) is 4.26. The number of amides is 2. The van der Waals surface area contributed by atoms with E-state index >= 15 is 0 Å². The first-order valence-electron chi connectivity index (χ1n) is 6.28. The highest BCUT2D eigenvalue weighted by atomic mass is 16.2. The number of nitrogens with one attached hydrogen (secondary N) is 3. The predicted molar refractivity (Wildman–Crippen MR) is 76.3 cm³/mol. The number of rotatable bonds is 5. The van der Waals surface area contributed by atoms with Gasteiger partial charge in [-0.3, -0.25) is 9.59 Å². The van der Waals surface area contributed by atoms with Gasteiger partial charge >= 0.3 is 0 Å². The van der Waals surface area contributed by atoms with Crippen LogP contribution in [0, 0.1) is 0 Å². The van der Waals surface area contributed by atoms with Gasteiger partial charge in [0.25, 0.3) is 0 Å². The van der Waals surface area contributed by atoms with E-state index in [-0.39, 0.29) is 11.8 Å². The first-order chi connectivity index (χ1) is 9.63. The molecule has 1 aromatic carbocycles.